The highest BCUT2D eigenvalue weighted by Gasteiger charge is 2.06. The summed E-state index contributed by atoms with van der Waals surface area (Å²) in [5, 5.41) is 3.73. The topological polar surface area (TPSA) is 38.3 Å². The first-order valence-electron chi connectivity index (χ1n) is 5.66. The van der Waals surface area contributed by atoms with Crippen LogP contribution in [0.5, 0.6) is 5.75 Å². The van der Waals surface area contributed by atoms with Crippen LogP contribution in [-0.2, 0) is 11.4 Å². The Morgan fingerprint density at radius 1 is 1.15 bits per heavy atom. The molecule has 0 unspecified atom stereocenters. The molecule has 0 spiro atoms. The fourth-order valence-corrected chi connectivity index (χ4v) is 2.57. The summed E-state index contributed by atoms with van der Waals surface area (Å²) in [5.41, 5.74) is 1.47. The van der Waals surface area contributed by atoms with Crippen LogP contribution in [0.2, 0.25) is 10.0 Å². The quantitative estimate of drug-likeness (QED) is 0.755. The Hall–Kier alpha value is -1.23. The number of carbonyl (C=O) groups excluding carboxylic acids is 1. The van der Waals surface area contributed by atoms with Crippen molar-refractivity contribution in [2.45, 2.75) is 6.61 Å². The Balaban J connectivity index is 2.16. The van der Waals surface area contributed by atoms with Crippen LogP contribution in [-0.4, -0.2) is 6.41 Å². The maximum atomic E-state index is 10.6. The van der Waals surface area contributed by atoms with Crippen LogP contribution in [0.4, 0.5) is 5.69 Å². The molecule has 104 valence electrons. The molecule has 0 bridgehead atoms. The van der Waals surface area contributed by atoms with E-state index in [4.69, 9.17) is 27.9 Å². The van der Waals surface area contributed by atoms with Gasteiger partial charge in [-0.25, -0.2) is 0 Å². The lowest BCUT2D eigenvalue weighted by Crippen LogP contribution is -2.01. The molecule has 1 amide bonds. The molecule has 0 saturated carbocycles. The van der Waals surface area contributed by atoms with Gasteiger partial charge < -0.3 is 10.1 Å². The third-order valence-electron chi connectivity index (χ3n) is 2.55. The van der Waals surface area contributed by atoms with Crippen LogP contribution < -0.4 is 10.1 Å². The Bertz CT molecular complexity index is 635. The SMILES string of the molecule is O=CNc1cc(Cl)ccc1OCc1ccc(Cl)cc1Br. The largest absolute Gasteiger partial charge is 0.487 e. The summed E-state index contributed by atoms with van der Waals surface area (Å²) in [6.07, 6.45) is 0.580. The number of hydrogen-bond acceptors (Lipinski definition) is 2. The van der Waals surface area contributed by atoms with Gasteiger partial charge in [0.2, 0.25) is 6.41 Å². The summed E-state index contributed by atoms with van der Waals surface area (Å²) in [5.74, 6) is 0.545. The van der Waals surface area contributed by atoms with E-state index in [1.165, 1.54) is 0 Å². The zero-order chi connectivity index (χ0) is 14.5. The van der Waals surface area contributed by atoms with Gasteiger partial charge in [-0.2, -0.15) is 0 Å². The Kier molecular flexibility index (Phi) is 5.29. The second-order valence-corrected chi connectivity index (χ2v) is 5.65. The summed E-state index contributed by atoms with van der Waals surface area (Å²) in [6.45, 7) is 0.340. The molecule has 0 aliphatic carbocycles. The van der Waals surface area contributed by atoms with E-state index in [9.17, 15) is 4.79 Å². The van der Waals surface area contributed by atoms with Gasteiger partial charge >= 0.3 is 0 Å². The van der Waals surface area contributed by atoms with Gasteiger partial charge in [-0.3, -0.25) is 4.79 Å². The number of amides is 1. The predicted octanol–water partition coefficient (Wildman–Crippen LogP) is 4.90. The first kappa shape index (κ1) is 15.2. The molecule has 3 nitrogen and oxygen atoms in total. The van der Waals surface area contributed by atoms with Crippen molar-refractivity contribution in [2.24, 2.45) is 0 Å². The van der Waals surface area contributed by atoms with Crippen molar-refractivity contribution in [1.29, 1.82) is 0 Å². The second-order valence-electron chi connectivity index (χ2n) is 3.93. The molecule has 0 heterocycles. The van der Waals surface area contributed by atoms with Crippen molar-refractivity contribution in [1.82, 2.24) is 0 Å². The number of rotatable bonds is 5. The minimum absolute atomic E-state index is 0.340. The van der Waals surface area contributed by atoms with Gasteiger partial charge in [0.05, 0.1) is 5.69 Å². The highest BCUT2D eigenvalue weighted by atomic mass is 79.9. The van der Waals surface area contributed by atoms with Gasteiger partial charge in [-0.15, -0.1) is 0 Å². The monoisotopic (exact) mass is 373 g/mol. The minimum atomic E-state index is 0.340. The molecule has 0 saturated heterocycles. The van der Waals surface area contributed by atoms with Gasteiger partial charge in [0.1, 0.15) is 12.4 Å². The summed E-state index contributed by atoms with van der Waals surface area (Å²) in [6, 6.07) is 10.5. The summed E-state index contributed by atoms with van der Waals surface area (Å²) >= 11 is 15.2. The van der Waals surface area contributed by atoms with Gasteiger partial charge in [0, 0.05) is 20.1 Å². The van der Waals surface area contributed by atoms with Gasteiger partial charge in [-0.05, 0) is 30.3 Å². The van der Waals surface area contributed by atoms with Gasteiger partial charge in [-0.1, -0.05) is 45.2 Å². The smallest absolute Gasteiger partial charge is 0.211 e. The highest BCUT2D eigenvalue weighted by molar-refractivity contribution is 9.10. The molecule has 0 aromatic heterocycles. The van der Waals surface area contributed by atoms with Crippen molar-refractivity contribution >= 4 is 51.2 Å². The maximum absolute atomic E-state index is 10.6. The number of anilines is 1. The number of benzene rings is 2. The van der Waals surface area contributed by atoms with Crippen LogP contribution in [0.1, 0.15) is 5.56 Å². The first-order valence-corrected chi connectivity index (χ1v) is 7.21. The van der Waals surface area contributed by atoms with E-state index in [0.29, 0.717) is 34.5 Å². The fourth-order valence-electron chi connectivity index (χ4n) is 1.60. The summed E-state index contributed by atoms with van der Waals surface area (Å²) < 4.78 is 6.56. The van der Waals surface area contributed by atoms with Crippen LogP contribution >= 0.6 is 39.1 Å². The Morgan fingerprint density at radius 2 is 1.85 bits per heavy atom. The Morgan fingerprint density at radius 3 is 2.55 bits per heavy atom. The number of halogens is 3. The Labute approximate surface area is 135 Å². The van der Waals surface area contributed by atoms with Crippen molar-refractivity contribution in [3.05, 3.63) is 56.5 Å². The van der Waals surface area contributed by atoms with Crippen molar-refractivity contribution in [2.75, 3.05) is 5.32 Å². The number of hydrogen-bond donors (Lipinski definition) is 1. The average molecular weight is 375 g/mol. The fraction of sp³-hybridized carbons (Fsp3) is 0.0714. The molecule has 0 aliphatic heterocycles. The lowest BCUT2D eigenvalue weighted by atomic mass is 10.2. The molecule has 6 heteroatoms. The third kappa shape index (κ3) is 3.88. The first-order chi connectivity index (χ1) is 9.60. The molecule has 0 radical (unpaired) electrons. The summed E-state index contributed by atoms with van der Waals surface area (Å²) in [7, 11) is 0. The zero-order valence-corrected chi connectivity index (χ0v) is 13.3. The van der Waals surface area contributed by atoms with Crippen LogP contribution in [0.3, 0.4) is 0 Å². The molecular weight excluding hydrogens is 365 g/mol. The normalized spacial score (nSPS) is 10.2. The zero-order valence-electron chi connectivity index (χ0n) is 10.2. The van der Waals surface area contributed by atoms with E-state index in [1.54, 1.807) is 30.3 Å². The lowest BCUT2D eigenvalue weighted by Gasteiger charge is -2.12. The molecule has 2 aromatic carbocycles. The van der Waals surface area contributed by atoms with E-state index in [2.05, 4.69) is 21.2 Å². The molecule has 1 N–H and O–H groups in total. The van der Waals surface area contributed by atoms with Crippen LogP contribution in [0.15, 0.2) is 40.9 Å². The van der Waals surface area contributed by atoms with E-state index in [-0.39, 0.29) is 0 Å². The molecule has 0 aliphatic rings. The average Bonchev–Trinajstić information content (AvgIpc) is 2.40. The molecular formula is C14H10BrCl2NO2. The highest BCUT2D eigenvalue weighted by Crippen LogP contribution is 2.29. The van der Waals surface area contributed by atoms with Crippen molar-refractivity contribution < 1.29 is 9.53 Å². The van der Waals surface area contributed by atoms with Crippen LogP contribution in [0.25, 0.3) is 0 Å². The minimum Gasteiger partial charge on any atom is -0.487 e. The number of ether oxygens (including phenoxy) is 1. The van der Waals surface area contributed by atoms with E-state index in [0.717, 1.165) is 10.0 Å². The third-order valence-corrected chi connectivity index (χ3v) is 3.76. The maximum Gasteiger partial charge on any atom is 0.211 e. The second kappa shape index (κ2) is 6.97. The summed E-state index contributed by atoms with van der Waals surface area (Å²) in [4.78, 5) is 10.6. The molecule has 2 aromatic rings. The van der Waals surface area contributed by atoms with Crippen LogP contribution in [0, 0.1) is 0 Å². The molecule has 0 atom stereocenters. The lowest BCUT2D eigenvalue weighted by molar-refractivity contribution is -0.105. The predicted molar refractivity (Wildman–Crippen MR) is 84.6 cm³/mol. The van der Waals surface area contributed by atoms with E-state index in [1.807, 2.05) is 6.07 Å². The molecule has 20 heavy (non-hydrogen) atoms. The molecule has 2 rings (SSSR count). The van der Waals surface area contributed by atoms with Gasteiger partial charge in [0.25, 0.3) is 0 Å². The van der Waals surface area contributed by atoms with Crippen molar-refractivity contribution in [3.63, 3.8) is 0 Å². The van der Waals surface area contributed by atoms with E-state index >= 15 is 0 Å². The van der Waals surface area contributed by atoms with E-state index < -0.39 is 0 Å². The molecule has 0 fully saturated rings. The number of nitrogens with one attached hydrogen (secondary N) is 1. The van der Waals surface area contributed by atoms with Crippen molar-refractivity contribution in [3.8, 4) is 5.75 Å². The van der Waals surface area contributed by atoms with Gasteiger partial charge in [0.15, 0.2) is 0 Å². The standard InChI is InChI=1S/C14H10BrCl2NO2/c15-12-5-10(16)2-1-9(12)7-20-14-4-3-11(17)6-13(14)18-8-19/h1-6,8H,7H2,(H,18,19). The number of carbonyl (C=O) groups is 1.